The number of hydrogen-bond donors (Lipinski definition) is 1. The van der Waals surface area contributed by atoms with Crippen LogP contribution in [0.2, 0.25) is 0 Å². The van der Waals surface area contributed by atoms with Gasteiger partial charge in [0.05, 0.1) is 18.1 Å². The Morgan fingerprint density at radius 1 is 1.27 bits per heavy atom. The fourth-order valence-corrected chi connectivity index (χ4v) is 3.04. The normalized spacial score (nSPS) is 15.7. The third kappa shape index (κ3) is 4.22. The lowest BCUT2D eigenvalue weighted by molar-refractivity contribution is -0.120. The Morgan fingerprint density at radius 2 is 2.12 bits per heavy atom. The van der Waals surface area contributed by atoms with Gasteiger partial charge in [-0.3, -0.25) is 19.2 Å². The molecule has 1 N–H and O–H groups in total. The summed E-state index contributed by atoms with van der Waals surface area (Å²) in [6.07, 6.45) is 8.41. The number of aromatic nitrogens is 4. The lowest BCUT2D eigenvalue weighted by Gasteiger charge is -2.35. The zero-order valence-corrected chi connectivity index (χ0v) is 15.6. The van der Waals surface area contributed by atoms with Crippen molar-refractivity contribution in [2.45, 2.75) is 19.9 Å². The number of hydrogen-bond acceptors (Lipinski definition) is 4. The van der Waals surface area contributed by atoms with Crippen molar-refractivity contribution in [3.8, 4) is 0 Å². The molecule has 1 saturated heterocycles. The topological polar surface area (TPSA) is 83.6 Å². The number of guanidine groups is 1. The first kappa shape index (κ1) is 18.0. The highest BCUT2D eigenvalue weighted by Gasteiger charge is 2.27. The SMILES string of the molecule is CN=C(NCCCn1cc(C)cn1)N1CCN(c2cnn(C)c2)C(=O)C1. The van der Waals surface area contributed by atoms with Crippen molar-refractivity contribution in [1.82, 2.24) is 29.8 Å². The van der Waals surface area contributed by atoms with Crippen molar-refractivity contribution in [3.63, 3.8) is 0 Å². The summed E-state index contributed by atoms with van der Waals surface area (Å²) >= 11 is 0. The standard InChI is InChI=1S/C17H26N8O/c1-14-9-21-24(11-14)6-4-5-19-17(18-2)23-7-8-25(16(26)13-23)15-10-20-22(3)12-15/h9-12H,4-8,13H2,1-3H3,(H,18,19). The smallest absolute Gasteiger partial charge is 0.246 e. The predicted molar refractivity (Wildman–Crippen MR) is 100 cm³/mol. The maximum Gasteiger partial charge on any atom is 0.246 e. The Kier molecular flexibility index (Phi) is 5.55. The lowest BCUT2D eigenvalue weighted by Crippen LogP contribution is -2.55. The summed E-state index contributed by atoms with van der Waals surface area (Å²) in [5.41, 5.74) is 2.01. The highest BCUT2D eigenvalue weighted by molar-refractivity contribution is 5.98. The summed E-state index contributed by atoms with van der Waals surface area (Å²) in [4.78, 5) is 20.6. The number of aliphatic imine (C=N–C) groups is 1. The molecule has 3 rings (SSSR count). The molecule has 2 aromatic heterocycles. The average molecular weight is 358 g/mol. The summed E-state index contributed by atoms with van der Waals surface area (Å²) in [5.74, 6) is 0.819. The summed E-state index contributed by atoms with van der Waals surface area (Å²) in [5, 5.41) is 11.8. The number of aryl methyl sites for hydroxylation is 3. The minimum Gasteiger partial charge on any atom is -0.356 e. The number of carbonyl (C=O) groups is 1. The number of rotatable bonds is 5. The summed E-state index contributed by atoms with van der Waals surface area (Å²) in [6, 6.07) is 0. The Hall–Kier alpha value is -2.84. The van der Waals surface area contributed by atoms with E-state index in [-0.39, 0.29) is 5.91 Å². The molecule has 0 aromatic carbocycles. The van der Waals surface area contributed by atoms with E-state index in [9.17, 15) is 4.79 Å². The molecule has 0 aliphatic carbocycles. The molecule has 1 aliphatic heterocycles. The zero-order valence-electron chi connectivity index (χ0n) is 15.6. The van der Waals surface area contributed by atoms with Gasteiger partial charge in [-0.25, -0.2) is 0 Å². The molecule has 3 heterocycles. The van der Waals surface area contributed by atoms with Crippen LogP contribution in [0, 0.1) is 6.92 Å². The monoisotopic (exact) mass is 358 g/mol. The molecule has 0 atom stereocenters. The number of amides is 1. The van der Waals surface area contributed by atoms with Crippen molar-refractivity contribution >= 4 is 17.6 Å². The highest BCUT2D eigenvalue weighted by Crippen LogP contribution is 2.16. The molecular formula is C17H26N8O. The molecule has 1 aliphatic rings. The van der Waals surface area contributed by atoms with Crippen LogP contribution >= 0.6 is 0 Å². The minimum absolute atomic E-state index is 0.0548. The van der Waals surface area contributed by atoms with E-state index in [2.05, 4.69) is 20.5 Å². The van der Waals surface area contributed by atoms with E-state index in [1.165, 1.54) is 5.56 Å². The second kappa shape index (κ2) is 8.03. The molecule has 1 fully saturated rings. The van der Waals surface area contributed by atoms with Gasteiger partial charge in [0.25, 0.3) is 0 Å². The van der Waals surface area contributed by atoms with Gasteiger partial charge in [0, 0.05) is 52.7 Å². The second-order valence-electron chi connectivity index (χ2n) is 6.45. The maximum atomic E-state index is 12.5. The number of anilines is 1. The summed E-state index contributed by atoms with van der Waals surface area (Å²) in [6.45, 7) is 5.34. The van der Waals surface area contributed by atoms with Gasteiger partial charge in [-0.2, -0.15) is 10.2 Å². The van der Waals surface area contributed by atoms with Crippen molar-refractivity contribution in [2.24, 2.45) is 12.0 Å². The van der Waals surface area contributed by atoms with Crippen LogP contribution in [0.25, 0.3) is 0 Å². The molecule has 26 heavy (non-hydrogen) atoms. The maximum absolute atomic E-state index is 12.5. The summed E-state index contributed by atoms with van der Waals surface area (Å²) < 4.78 is 3.65. The van der Waals surface area contributed by atoms with Crippen molar-refractivity contribution in [2.75, 3.05) is 38.1 Å². The molecule has 0 saturated carbocycles. The quantitative estimate of drug-likeness (QED) is 0.470. The largest absolute Gasteiger partial charge is 0.356 e. The Bertz CT molecular complexity index is 777. The zero-order chi connectivity index (χ0) is 18.5. The fourth-order valence-electron chi connectivity index (χ4n) is 3.04. The van der Waals surface area contributed by atoms with Gasteiger partial charge in [0.1, 0.15) is 6.54 Å². The van der Waals surface area contributed by atoms with Gasteiger partial charge in [-0.15, -0.1) is 0 Å². The van der Waals surface area contributed by atoms with E-state index in [0.29, 0.717) is 13.1 Å². The van der Waals surface area contributed by atoms with Crippen molar-refractivity contribution in [3.05, 3.63) is 30.4 Å². The van der Waals surface area contributed by atoms with E-state index >= 15 is 0 Å². The summed E-state index contributed by atoms with van der Waals surface area (Å²) in [7, 11) is 3.59. The molecule has 2 aromatic rings. The molecule has 140 valence electrons. The van der Waals surface area contributed by atoms with Gasteiger partial charge in [0.2, 0.25) is 5.91 Å². The van der Waals surface area contributed by atoms with Crippen molar-refractivity contribution < 1.29 is 4.79 Å². The minimum atomic E-state index is 0.0548. The molecule has 9 heteroatoms. The van der Waals surface area contributed by atoms with E-state index < -0.39 is 0 Å². The molecule has 0 bridgehead atoms. The number of nitrogens with one attached hydrogen (secondary N) is 1. The van der Waals surface area contributed by atoms with E-state index in [1.807, 2.05) is 42.1 Å². The molecule has 9 nitrogen and oxygen atoms in total. The van der Waals surface area contributed by atoms with Crippen LogP contribution in [0.5, 0.6) is 0 Å². The lowest BCUT2D eigenvalue weighted by atomic mass is 10.3. The molecule has 0 spiro atoms. The van der Waals surface area contributed by atoms with E-state index in [0.717, 1.165) is 37.7 Å². The fraction of sp³-hybridized carbons (Fsp3) is 0.529. The van der Waals surface area contributed by atoms with Gasteiger partial charge < -0.3 is 15.1 Å². The number of nitrogens with zero attached hydrogens (tertiary/aromatic N) is 7. The Morgan fingerprint density at radius 3 is 2.73 bits per heavy atom. The Labute approximate surface area is 153 Å². The number of piperazine rings is 1. The Balaban J connectivity index is 1.47. The first-order valence-electron chi connectivity index (χ1n) is 8.80. The predicted octanol–water partition coefficient (Wildman–Crippen LogP) is 0.239. The average Bonchev–Trinajstić information content (AvgIpc) is 3.23. The van der Waals surface area contributed by atoms with Crippen LogP contribution in [0.3, 0.4) is 0 Å². The first-order chi connectivity index (χ1) is 12.6. The van der Waals surface area contributed by atoms with E-state index in [1.54, 1.807) is 22.8 Å². The van der Waals surface area contributed by atoms with Crippen LogP contribution in [-0.2, 0) is 18.4 Å². The second-order valence-corrected chi connectivity index (χ2v) is 6.45. The van der Waals surface area contributed by atoms with Crippen molar-refractivity contribution in [1.29, 1.82) is 0 Å². The van der Waals surface area contributed by atoms with Gasteiger partial charge >= 0.3 is 0 Å². The number of carbonyl (C=O) groups excluding carboxylic acids is 1. The van der Waals surface area contributed by atoms with Gasteiger partial charge in [-0.1, -0.05) is 0 Å². The van der Waals surface area contributed by atoms with Crippen LogP contribution in [0.4, 0.5) is 5.69 Å². The van der Waals surface area contributed by atoms with Crippen LogP contribution in [0.15, 0.2) is 29.8 Å². The van der Waals surface area contributed by atoms with E-state index in [4.69, 9.17) is 0 Å². The van der Waals surface area contributed by atoms with Gasteiger partial charge in [0.15, 0.2) is 5.96 Å². The van der Waals surface area contributed by atoms with Gasteiger partial charge in [-0.05, 0) is 18.9 Å². The third-order valence-electron chi connectivity index (χ3n) is 4.34. The van der Waals surface area contributed by atoms with Crippen LogP contribution in [-0.4, -0.2) is 69.6 Å². The third-order valence-corrected chi connectivity index (χ3v) is 4.34. The molecule has 0 radical (unpaired) electrons. The molecule has 1 amide bonds. The molecule has 0 unspecified atom stereocenters. The molecular weight excluding hydrogens is 332 g/mol. The van der Waals surface area contributed by atoms with Crippen LogP contribution in [0.1, 0.15) is 12.0 Å². The first-order valence-corrected chi connectivity index (χ1v) is 8.80. The van der Waals surface area contributed by atoms with Crippen LogP contribution < -0.4 is 10.2 Å². The highest BCUT2D eigenvalue weighted by atomic mass is 16.2.